The summed E-state index contributed by atoms with van der Waals surface area (Å²) in [5.74, 6) is 0. The fourth-order valence-electron chi connectivity index (χ4n) is 0.877. The number of hydrogen-bond acceptors (Lipinski definition) is 7. The first kappa shape index (κ1) is 17.6. The zero-order valence-electron chi connectivity index (χ0n) is 10.3. The molecule has 0 radical (unpaired) electrons. The normalized spacial score (nSPS) is 15.3. The Hall–Kier alpha value is -1.35. The van der Waals surface area contributed by atoms with Crippen molar-refractivity contribution in [2.45, 2.75) is 19.4 Å². The topological polar surface area (TPSA) is 160 Å². The highest BCUT2D eigenvalue weighted by Gasteiger charge is 2.25. The Morgan fingerprint density at radius 2 is 1.84 bits per heavy atom. The van der Waals surface area contributed by atoms with Crippen LogP contribution >= 0.6 is 7.82 Å². The number of hydrogen-bond donors (Lipinski definition) is 3. The van der Waals surface area contributed by atoms with Crippen molar-refractivity contribution in [1.29, 1.82) is 0 Å². The highest BCUT2D eigenvalue weighted by molar-refractivity contribution is 7.47. The van der Waals surface area contributed by atoms with Gasteiger partial charge in [-0.2, -0.15) is 0 Å². The SMILES string of the molecule is CCCOP(=O)(O)OCC(COC(N)=O)OC(N)=O. The summed E-state index contributed by atoms with van der Waals surface area (Å²) in [7, 11) is -4.26. The first-order valence-corrected chi connectivity index (χ1v) is 6.76. The van der Waals surface area contributed by atoms with E-state index in [4.69, 9.17) is 11.5 Å². The third-order valence-corrected chi connectivity index (χ3v) is 2.56. The number of phosphoric acid groups is 1. The summed E-state index contributed by atoms with van der Waals surface area (Å²) in [6.45, 7) is 0.742. The van der Waals surface area contributed by atoms with Crippen molar-refractivity contribution in [3.8, 4) is 0 Å². The molecule has 0 heterocycles. The molecular formula is C8H17N2O8P. The van der Waals surface area contributed by atoms with Crippen LogP contribution in [-0.2, 0) is 23.1 Å². The van der Waals surface area contributed by atoms with E-state index >= 15 is 0 Å². The van der Waals surface area contributed by atoms with Crippen LogP contribution in [0.3, 0.4) is 0 Å². The summed E-state index contributed by atoms with van der Waals surface area (Å²) >= 11 is 0. The maximum absolute atomic E-state index is 11.3. The fourth-order valence-corrected chi connectivity index (χ4v) is 1.72. The van der Waals surface area contributed by atoms with Crippen LogP contribution < -0.4 is 11.5 Å². The largest absolute Gasteiger partial charge is 0.472 e. The van der Waals surface area contributed by atoms with Gasteiger partial charge in [0.15, 0.2) is 6.10 Å². The molecule has 0 aliphatic carbocycles. The molecule has 19 heavy (non-hydrogen) atoms. The van der Waals surface area contributed by atoms with Crippen LogP contribution in [0.2, 0.25) is 0 Å². The van der Waals surface area contributed by atoms with Crippen LogP contribution in [-0.4, -0.2) is 43.0 Å². The lowest BCUT2D eigenvalue weighted by Crippen LogP contribution is -2.32. The zero-order valence-corrected chi connectivity index (χ0v) is 11.2. The van der Waals surface area contributed by atoms with Crippen molar-refractivity contribution in [3.63, 3.8) is 0 Å². The summed E-state index contributed by atoms with van der Waals surface area (Å²) in [5, 5.41) is 0. The number of primary amides is 2. The van der Waals surface area contributed by atoms with E-state index in [1.807, 2.05) is 0 Å². The van der Waals surface area contributed by atoms with E-state index in [1.165, 1.54) is 0 Å². The predicted octanol–water partition coefficient (Wildman–Crippen LogP) is 0.0892. The van der Waals surface area contributed by atoms with E-state index in [0.29, 0.717) is 6.42 Å². The Labute approximate surface area is 109 Å². The van der Waals surface area contributed by atoms with Gasteiger partial charge in [0.05, 0.1) is 13.2 Å². The second kappa shape index (κ2) is 8.70. The lowest BCUT2D eigenvalue weighted by atomic mass is 10.4. The van der Waals surface area contributed by atoms with E-state index in [2.05, 4.69) is 18.5 Å². The first-order valence-electron chi connectivity index (χ1n) is 5.27. The monoisotopic (exact) mass is 300 g/mol. The number of carbonyl (C=O) groups excluding carboxylic acids is 2. The van der Waals surface area contributed by atoms with Crippen molar-refractivity contribution < 1.29 is 37.6 Å². The van der Waals surface area contributed by atoms with E-state index in [-0.39, 0.29) is 6.61 Å². The van der Waals surface area contributed by atoms with Crippen LogP contribution in [0.15, 0.2) is 0 Å². The molecule has 10 nitrogen and oxygen atoms in total. The minimum absolute atomic E-state index is 0.0207. The van der Waals surface area contributed by atoms with Gasteiger partial charge >= 0.3 is 20.0 Å². The molecule has 0 fully saturated rings. The second-order valence-electron chi connectivity index (χ2n) is 3.29. The molecule has 0 rings (SSSR count). The molecule has 0 spiro atoms. The smallest absolute Gasteiger partial charge is 0.446 e. The first-order chi connectivity index (χ1) is 8.76. The highest BCUT2D eigenvalue weighted by atomic mass is 31.2. The van der Waals surface area contributed by atoms with Crippen molar-refractivity contribution >= 4 is 20.0 Å². The summed E-state index contributed by atoms with van der Waals surface area (Å²) in [6.07, 6.45) is -2.92. The van der Waals surface area contributed by atoms with Crippen molar-refractivity contribution in [2.24, 2.45) is 11.5 Å². The molecule has 112 valence electrons. The van der Waals surface area contributed by atoms with Gasteiger partial charge in [0.1, 0.15) is 6.61 Å². The molecule has 0 aliphatic rings. The Balaban J connectivity index is 4.26. The molecule has 2 atom stereocenters. The molecule has 0 saturated heterocycles. The molecule has 0 aromatic heterocycles. The van der Waals surface area contributed by atoms with Gasteiger partial charge < -0.3 is 25.8 Å². The molecule has 0 aliphatic heterocycles. The van der Waals surface area contributed by atoms with Crippen LogP contribution in [0, 0.1) is 0 Å². The average molecular weight is 300 g/mol. The number of nitrogens with two attached hydrogens (primary N) is 2. The third-order valence-electron chi connectivity index (χ3n) is 1.58. The minimum atomic E-state index is -4.26. The van der Waals surface area contributed by atoms with Gasteiger partial charge in [-0.15, -0.1) is 0 Å². The van der Waals surface area contributed by atoms with Crippen LogP contribution in [0.25, 0.3) is 0 Å². The quantitative estimate of drug-likeness (QED) is 0.505. The van der Waals surface area contributed by atoms with Gasteiger partial charge in [-0.1, -0.05) is 6.92 Å². The summed E-state index contributed by atoms with van der Waals surface area (Å²) in [4.78, 5) is 30.2. The van der Waals surface area contributed by atoms with Crippen LogP contribution in [0.4, 0.5) is 9.59 Å². The molecule has 0 aromatic carbocycles. The molecule has 2 unspecified atom stereocenters. The van der Waals surface area contributed by atoms with Crippen molar-refractivity contribution in [1.82, 2.24) is 0 Å². The summed E-state index contributed by atoms with van der Waals surface area (Å²) in [6, 6.07) is 0. The Bertz CT molecular complexity index is 350. The number of rotatable bonds is 9. The molecule has 0 saturated carbocycles. The molecular weight excluding hydrogens is 283 g/mol. The van der Waals surface area contributed by atoms with Gasteiger partial charge in [0.2, 0.25) is 0 Å². The highest BCUT2D eigenvalue weighted by Crippen LogP contribution is 2.43. The molecule has 0 bridgehead atoms. The predicted molar refractivity (Wildman–Crippen MR) is 62.0 cm³/mol. The number of phosphoric ester groups is 1. The second-order valence-corrected chi connectivity index (χ2v) is 4.74. The minimum Gasteiger partial charge on any atom is -0.446 e. The molecule has 5 N–H and O–H groups in total. The Kier molecular flexibility index (Phi) is 8.08. The van der Waals surface area contributed by atoms with E-state index in [9.17, 15) is 19.0 Å². The maximum atomic E-state index is 11.3. The average Bonchev–Trinajstić information content (AvgIpc) is 2.29. The Morgan fingerprint density at radius 1 is 1.21 bits per heavy atom. The number of amides is 2. The lowest BCUT2D eigenvalue weighted by molar-refractivity contribution is 0.0155. The van der Waals surface area contributed by atoms with Crippen molar-refractivity contribution in [2.75, 3.05) is 19.8 Å². The van der Waals surface area contributed by atoms with Gasteiger partial charge in [-0.25, -0.2) is 14.2 Å². The van der Waals surface area contributed by atoms with Crippen molar-refractivity contribution in [3.05, 3.63) is 0 Å². The molecule has 0 aromatic rings. The molecule has 11 heteroatoms. The molecule has 2 amide bonds. The lowest BCUT2D eigenvalue weighted by Gasteiger charge is -2.18. The van der Waals surface area contributed by atoms with E-state index < -0.39 is 39.3 Å². The van der Waals surface area contributed by atoms with Gasteiger partial charge in [-0.3, -0.25) is 9.05 Å². The zero-order chi connectivity index (χ0) is 14.9. The maximum Gasteiger partial charge on any atom is 0.472 e. The fraction of sp³-hybridized carbons (Fsp3) is 0.750. The van der Waals surface area contributed by atoms with E-state index in [1.54, 1.807) is 6.92 Å². The standard InChI is InChI=1S/C8H17N2O8P/c1-2-3-16-19(13,14)17-5-6(18-8(10)12)4-15-7(9)11/h6H,2-5H2,1H3,(H2,9,11)(H2,10,12)(H,13,14). The number of ether oxygens (including phenoxy) is 2. The number of carbonyl (C=O) groups is 2. The van der Waals surface area contributed by atoms with Gasteiger partial charge in [0.25, 0.3) is 0 Å². The summed E-state index contributed by atoms with van der Waals surface area (Å²) in [5.41, 5.74) is 9.48. The van der Waals surface area contributed by atoms with Crippen LogP contribution in [0.1, 0.15) is 13.3 Å². The van der Waals surface area contributed by atoms with Crippen LogP contribution in [0.5, 0.6) is 0 Å². The van der Waals surface area contributed by atoms with Gasteiger partial charge in [-0.05, 0) is 6.42 Å². The third kappa shape index (κ3) is 10.3. The van der Waals surface area contributed by atoms with E-state index in [0.717, 1.165) is 0 Å². The summed E-state index contributed by atoms with van der Waals surface area (Å²) < 4.78 is 29.3. The Morgan fingerprint density at radius 3 is 2.32 bits per heavy atom. The van der Waals surface area contributed by atoms with Gasteiger partial charge in [0, 0.05) is 0 Å².